The molecule has 1 aromatic carbocycles. The van der Waals surface area contributed by atoms with Gasteiger partial charge in [0.15, 0.2) is 0 Å². The van der Waals surface area contributed by atoms with E-state index < -0.39 is 10.8 Å². The zero-order chi connectivity index (χ0) is 16.4. The third-order valence-electron chi connectivity index (χ3n) is 3.84. The highest BCUT2D eigenvalue weighted by atomic mass is 16.6. The van der Waals surface area contributed by atoms with Crippen LogP contribution in [0.4, 0.5) is 0 Å². The van der Waals surface area contributed by atoms with Gasteiger partial charge in [-0.05, 0) is 51.3 Å². The summed E-state index contributed by atoms with van der Waals surface area (Å²) < 4.78 is 0. The van der Waals surface area contributed by atoms with E-state index in [0.717, 1.165) is 16.7 Å². The topological polar surface area (TPSA) is 86.3 Å². The van der Waals surface area contributed by atoms with Crippen LogP contribution in [0.15, 0.2) is 18.2 Å². The van der Waals surface area contributed by atoms with Crippen molar-refractivity contribution < 1.29 is 9.85 Å². The van der Waals surface area contributed by atoms with E-state index >= 15 is 0 Å². The Labute approximate surface area is 124 Å². The second kappa shape index (κ2) is 5.79. The van der Waals surface area contributed by atoms with Crippen molar-refractivity contribution in [2.45, 2.75) is 45.4 Å². The summed E-state index contributed by atoms with van der Waals surface area (Å²) in [6.07, 6.45) is 0. The van der Waals surface area contributed by atoms with Gasteiger partial charge in [-0.15, -0.1) is 0 Å². The average Bonchev–Trinajstić information content (AvgIpc) is 2.24. The fraction of sp³-hybridized carbons (Fsp3) is 0.600. The minimum Gasteiger partial charge on any atom is -0.265 e. The minimum absolute atomic E-state index is 0.174. The van der Waals surface area contributed by atoms with Gasteiger partial charge in [0.25, 0.3) is 0 Å². The number of rotatable bonds is 6. The number of nitrogens with zero attached hydrogens (tertiary/aromatic N) is 2. The van der Waals surface area contributed by atoms with Gasteiger partial charge in [-0.2, -0.15) is 0 Å². The third kappa shape index (κ3) is 4.00. The highest BCUT2D eigenvalue weighted by molar-refractivity contribution is 5.42. The van der Waals surface area contributed by atoms with Crippen LogP contribution in [0.3, 0.4) is 0 Å². The van der Waals surface area contributed by atoms with Gasteiger partial charge < -0.3 is 0 Å². The Morgan fingerprint density at radius 2 is 1.24 bits per heavy atom. The van der Waals surface area contributed by atoms with Crippen molar-refractivity contribution in [1.29, 1.82) is 0 Å². The van der Waals surface area contributed by atoms with Crippen LogP contribution in [-0.4, -0.2) is 22.9 Å². The molecule has 0 unspecified atom stereocenters. The second-order valence-electron chi connectivity index (χ2n) is 6.73. The van der Waals surface area contributed by atoms with Gasteiger partial charge in [0.05, 0.1) is 10.8 Å². The summed E-state index contributed by atoms with van der Waals surface area (Å²) in [6, 6.07) is 5.55. The number of nitro groups is 2. The first-order chi connectivity index (χ1) is 9.47. The largest absolute Gasteiger partial charge is 0.265 e. The maximum Gasteiger partial charge on any atom is 0.212 e. The molecular formula is C15H22N2O4. The molecule has 21 heavy (non-hydrogen) atoms. The number of hydrogen-bond donors (Lipinski definition) is 0. The highest BCUT2D eigenvalue weighted by Gasteiger charge is 2.33. The summed E-state index contributed by atoms with van der Waals surface area (Å²) in [5, 5.41) is 21.7. The molecule has 0 fully saturated rings. The van der Waals surface area contributed by atoms with Crippen molar-refractivity contribution in [1.82, 2.24) is 0 Å². The molecule has 116 valence electrons. The molecule has 0 aliphatic heterocycles. The molecule has 0 atom stereocenters. The summed E-state index contributed by atoms with van der Waals surface area (Å²) in [7, 11) is 0. The van der Waals surface area contributed by atoms with Crippen LogP contribution in [0.1, 0.15) is 44.4 Å². The Kier molecular flexibility index (Phi) is 4.71. The zero-order valence-corrected chi connectivity index (χ0v) is 13.2. The summed E-state index contributed by atoms with van der Waals surface area (Å²) >= 11 is 0. The normalized spacial score (nSPS) is 12.2. The van der Waals surface area contributed by atoms with Gasteiger partial charge in [0, 0.05) is 9.85 Å². The monoisotopic (exact) mass is 294 g/mol. The van der Waals surface area contributed by atoms with Gasteiger partial charge in [0.2, 0.25) is 13.1 Å². The lowest BCUT2D eigenvalue weighted by Gasteiger charge is -2.28. The molecule has 0 aliphatic carbocycles. The predicted octanol–water partition coefficient (Wildman–Crippen LogP) is 3.10. The summed E-state index contributed by atoms with van der Waals surface area (Å²) in [5.74, 6) is 0. The fourth-order valence-electron chi connectivity index (χ4n) is 2.92. The molecule has 1 aromatic rings. The van der Waals surface area contributed by atoms with E-state index in [1.165, 1.54) is 0 Å². The van der Waals surface area contributed by atoms with E-state index in [9.17, 15) is 20.2 Å². The van der Waals surface area contributed by atoms with Crippen LogP contribution < -0.4 is 0 Å². The van der Waals surface area contributed by atoms with E-state index in [4.69, 9.17) is 0 Å². The lowest BCUT2D eigenvalue weighted by atomic mass is 9.75. The molecule has 6 heteroatoms. The van der Waals surface area contributed by atoms with Crippen molar-refractivity contribution in [3.8, 4) is 0 Å². The molecule has 0 heterocycles. The first kappa shape index (κ1) is 17.1. The Morgan fingerprint density at radius 3 is 1.52 bits per heavy atom. The van der Waals surface area contributed by atoms with E-state index in [0.29, 0.717) is 0 Å². The van der Waals surface area contributed by atoms with Crippen molar-refractivity contribution >= 4 is 0 Å². The first-order valence-corrected chi connectivity index (χ1v) is 6.81. The van der Waals surface area contributed by atoms with Crippen LogP contribution in [-0.2, 0) is 10.8 Å². The molecule has 0 bridgehead atoms. The van der Waals surface area contributed by atoms with Crippen LogP contribution in [0.25, 0.3) is 0 Å². The van der Waals surface area contributed by atoms with Gasteiger partial charge in [-0.1, -0.05) is 18.2 Å². The van der Waals surface area contributed by atoms with Crippen LogP contribution in [0, 0.1) is 27.2 Å². The molecule has 0 saturated carbocycles. The number of benzene rings is 1. The summed E-state index contributed by atoms with van der Waals surface area (Å²) in [6.45, 7) is 8.82. The average molecular weight is 294 g/mol. The Bertz CT molecular complexity index is 519. The van der Waals surface area contributed by atoms with Gasteiger partial charge >= 0.3 is 0 Å². The summed E-state index contributed by atoms with van der Waals surface area (Å²) in [5.41, 5.74) is 1.40. The Balaban J connectivity index is 3.32. The van der Waals surface area contributed by atoms with Gasteiger partial charge in [-0.3, -0.25) is 20.2 Å². The van der Waals surface area contributed by atoms with E-state index in [1.807, 2.05) is 52.8 Å². The van der Waals surface area contributed by atoms with Gasteiger partial charge in [-0.25, -0.2) is 0 Å². The third-order valence-corrected chi connectivity index (χ3v) is 3.84. The number of hydrogen-bond acceptors (Lipinski definition) is 4. The molecule has 0 spiro atoms. The minimum atomic E-state index is -0.617. The van der Waals surface area contributed by atoms with Crippen molar-refractivity contribution in [2.24, 2.45) is 0 Å². The van der Waals surface area contributed by atoms with Crippen LogP contribution in [0.5, 0.6) is 0 Å². The maximum absolute atomic E-state index is 10.8. The molecule has 0 aromatic heterocycles. The lowest BCUT2D eigenvalue weighted by molar-refractivity contribution is -0.489. The smallest absolute Gasteiger partial charge is 0.212 e. The molecule has 0 amide bonds. The standard InChI is InChI=1S/C15H22N2O4/c1-11-12(14(2,3)9-16(18)19)7-6-8-13(11)15(4,5)10-17(20)21/h6-8H,9-10H2,1-5H3. The Hall–Kier alpha value is -1.98. The van der Waals surface area contributed by atoms with Crippen LogP contribution in [0.2, 0.25) is 0 Å². The second-order valence-corrected chi connectivity index (χ2v) is 6.73. The van der Waals surface area contributed by atoms with E-state index in [2.05, 4.69) is 0 Å². The van der Waals surface area contributed by atoms with Gasteiger partial charge in [0.1, 0.15) is 0 Å². The van der Waals surface area contributed by atoms with Crippen molar-refractivity contribution in [3.05, 3.63) is 55.1 Å². The Morgan fingerprint density at radius 1 is 0.905 bits per heavy atom. The molecule has 0 aliphatic rings. The first-order valence-electron chi connectivity index (χ1n) is 6.81. The predicted molar refractivity (Wildman–Crippen MR) is 81.0 cm³/mol. The lowest BCUT2D eigenvalue weighted by Crippen LogP contribution is -2.32. The van der Waals surface area contributed by atoms with E-state index in [1.54, 1.807) is 0 Å². The molecule has 0 radical (unpaired) electrons. The molecule has 0 N–H and O–H groups in total. The quantitative estimate of drug-likeness (QED) is 0.596. The SMILES string of the molecule is Cc1c(C(C)(C)C[N+](=O)[O-])cccc1C(C)(C)C[N+](=O)[O-]. The molecule has 6 nitrogen and oxygen atoms in total. The molecule has 0 saturated heterocycles. The fourth-order valence-corrected chi connectivity index (χ4v) is 2.92. The highest BCUT2D eigenvalue weighted by Crippen LogP contribution is 2.33. The van der Waals surface area contributed by atoms with Crippen molar-refractivity contribution in [3.63, 3.8) is 0 Å². The van der Waals surface area contributed by atoms with E-state index in [-0.39, 0.29) is 22.9 Å². The maximum atomic E-state index is 10.8. The molecule has 1 rings (SSSR count). The zero-order valence-electron chi connectivity index (χ0n) is 13.2. The summed E-state index contributed by atoms with van der Waals surface area (Å²) in [4.78, 5) is 21.0. The molecular weight excluding hydrogens is 272 g/mol. The van der Waals surface area contributed by atoms with Crippen molar-refractivity contribution in [2.75, 3.05) is 13.1 Å². The van der Waals surface area contributed by atoms with Crippen LogP contribution >= 0.6 is 0 Å².